The lowest BCUT2D eigenvalue weighted by Gasteiger charge is -2.06. The summed E-state index contributed by atoms with van der Waals surface area (Å²) >= 11 is 0. The first-order chi connectivity index (χ1) is 5.95. The molecule has 0 spiro atoms. The van der Waals surface area contributed by atoms with Crippen molar-refractivity contribution in [1.82, 2.24) is 5.32 Å². The Hall–Kier alpha value is -1.24. The van der Waals surface area contributed by atoms with Crippen molar-refractivity contribution in [1.29, 1.82) is 0 Å². The van der Waals surface area contributed by atoms with Crippen LogP contribution in [0.4, 0.5) is 0 Å². The van der Waals surface area contributed by atoms with Gasteiger partial charge in [0.1, 0.15) is 0 Å². The lowest BCUT2D eigenvalue weighted by atomic mass is 10.0. The third-order valence-corrected chi connectivity index (χ3v) is 2.21. The van der Waals surface area contributed by atoms with Crippen molar-refractivity contribution in [3.05, 3.63) is 48.2 Å². The Morgan fingerprint density at radius 3 is 2.75 bits per heavy atom. The molecule has 0 radical (unpaired) electrons. The van der Waals surface area contributed by atoms with Crippen molar-refractivity contribution >= 4 is 0 Å². The van der Waals surface area contributed by atoms with Crippen molar-refractivity contribution in [2.45, 2.75) is 6.42 Å². The molecule has 1 aliphatic heterocycles. The zero-order valence-electron chi connectivity index (χ0n) is 7.03. The second kappa shape index (κ2) is 3.44. The molecule has 1 aromatic carbocycles. The van der Waals surface area contributed by atoms with Crippen LogP contribution in [-0.2, 0) is 6.42 Å². The fourth-order valence-corrected chi connectivity index (χ4v) is 1.55. The van der Waals surface area contributed by atoms with E-state index in [-0.39, 0.29) is 0 Å². The topological polar surface area (TPSA) is 12.0 Å². The van der Waals surface area contributed by atoms with E-state index in [9.17, 15) is 0 Å². The third-order valence-electron chi connectivity index (χ3n) is 2.21. The van der Waals surface area contributed by atoms with Crippen LogP contribution in [0.1, 0.15) is 5.56 Å². The Balaban J connectivity index is 1.99. The molecule has 1 aromatic rings. The maximum absolute atomic E-state index is 3.21. The number of benzene rings is 1. The lowest BCUT2D eigenvalue weighted by Crippen LogP contribution is -2.10. The van der Waals surface area contributed by atoms with Gasteiger partial charge >= 0.3 is 0 Å². The highest BCUT2D eigenvalue weighted by molar-refractivity contribution is 5.17. The van der Waals surface area contributed by atoms with Gasteiger partial charge in [0.2, 0.25) is 0 Å². The van der Waals surface area contributed by atoms with Crippen LogP contribution in [0.2, 0.25) is 0 Å². The van der Waals surface area contributed by atoms with Gasteiger partial charge in [-0.15, -0.1) is 0 Å². The van der Waals surface area contributed by atoms with Crippen LogP contribution in [0, 0.1) is 5.92 Å². The van der Waals surface area contributed by atoms with E-state index in [1.807, 2.05) is 6.20 Å². The van der Waals surface area contributed by atoms with Crippen molar-refractivity contribution in [2.75, 3.05) is 6.54 Å². The first kappa shape index (κ1) is 7.41. The van der Waals surface area contributed by atoms with E-state index in [1.54, 1.807) is 0 Å². The molecular weight excluding hydrogens is 146 g/mol. The molecule has 1 nitrogen and oxygen atoms in total. The average molecular weight is 159 g/mol. The van der Waals surface area contributed by atoms with E-state index in [1.165, 1.54) is 5.56 Å². The van der Waals surface area contributed by atoms with Crippen molar-refractivity contribution in [2.24, 2.45) is 5.92 Å². The summed E-state index contributed by atoms with van der Waals surface area (Å²) in [7, 11) is 0. The summed E-state index contributed by atoms with van der Waals surface area (Å²) in [6.45, 7) is 1.09. The van der Waals surface area contributed by atoms with E-state index < -0.39 is 0 Å². The van der Waals surface area contributed by atoms with Crippen LogP contribution in [0.3, 0.4) is 0 Å². The lowest BCUT2D eigenvalue weighted by molar-refractivity contribution is 0.653. The monoisotopic (exact) mass is 159 g/mol. The van der Waals surface area contributed by atoms with Crippen LogP contribution in [-0.4, -0.2) is 6.54 Å². The minimum absolute atomic E-state index is 0.687. The zero-order chi connectivity index (χ0) is 8.23. The summed E-state index contributed by atoms with van der Waals surface area (Å²) in [6.07, 6.45) is 5.45. The third kappa shape index (κ3) is 1.67. The summed E-state index contributed by atoms with van der Waals surface area (Å²) in [4.78, 5) is 0. The molecule has 0 fully saturated rings. The molecular formula is C11H13N. The molecule has 62 valence electrons. The molecule has 1 N–H and O–H groups in total. The van der Waals surface area contributed by atoms with Gasteiger partial charge in [0.15, 0.2) is 0 Å². The molecule has 2 rings (SSSR count). The highest BCUT2D eigenvalue weighted by Crippen LogP contribution is 2.11. The Morgan fingerprint density at radius 2 is 2.08 bits per heavy atom. The first-order valence-electron chi connectivity index (χ1n) is 4.39. The van der Waals surface area contributed by atoms with Crippen LogP contribution in [0.5, 0.6) is 0 Å². The molecule has 1 atom stereocenters. The van der Waals surface area contributed by atoms with E-state index in [4.69, 9.17) is 0 Å². The summed E-state index contributed by atoms with van der Waals surface area (Å²) in [6, 6.07) is 10.6. The Kier molecular flexibility index (Phi) is 2.12. The molecule has 12 heavy (non-hydrogen) atoms. The number of hydrogen-bond acceptors (Lipinski definition) is 1. The number of nitrogens with one attached hydrogen (secondary N) is 1. The molecule has 0 bridgehead atoms. The van der Waals surface area contributed by atoms with E-state index >= 15 is 0 Å². The van der Waals surface area contributed by atoms with Gasteiger partial charge < -0.3 is 5.32 Å². The van der Waals surface area contributed by atoms with E-state index in [0.717, 1.165) is 13.0 Å². The minimum atomic E-state index is 0.687. The van der Waals surface area contributed by atoms with E-state index in [0.29, 0.717) is 5.92 Å². The molecule has 0 unspecified atom stereocenters. The van der Waals surface area contributed by atoms with E-state index in [2.05, 4.69) is 41.7 Å². The van der Waals surface area contributed by atoms with Crippen molar-refractivity contribution in [3.63, 3.8) is 0 Å². The van der Waals surface area contributed by atoms with Gasteiger partial charge in [-0.25, -0.2) is 0 Å². The number of hydrogen-bond donors (Lipinski definition) is 1. The highest BCUT2D eigenvalue weighted by Gasteiger charge is 2.08. The van der Waals surface area contributed by atoms with Gasteiger partial charge in [-0.2, -0.15) is 0 Å². The molecule has 1 aliphatic rings. The van der Waals surface area contributed by atoms with Gasteiger partial charge in [0.25, 0.3) is 0 Å². The summed E-state index contributed by atoms with van der Waals surface area (Å²) < 4.78 is 0. The molecule has 0 aliphatic carbocycles. The van der Waals surface area contributed by atoms with Gasteiger partial charge in [0.05, 0.1) is 0 Å². The smallest absolute Gasteiger partial charge is 0.0208 e. The standard InChI is InChI=1S/C11H13N/c1-2-4-10(5-3-1)8-11-6-7-12-9-11/h1-7,11-12H,8-9H2/t11-/m1/s1. The Bertz CT molecular complexity index is 264. The second-order valence-corrected chi connectivity index (χ2v) is 3.22. The second-order valence-electron chi connectivity index (χ2n) is 3.22. The minimum Gasteiger partial charge on any atom is -0.391 e. The quantitative estimate of drug-likeness (QED) is 0.695. The highest BCUT2D eigenvalue weighted by atomic mass is 14.9. The maximum Gasteiger partial charge on any atom is 0.0208 e. The fourth-order valence-electron chi connectivity index (χ4n) is 1.55. The molecule has 0 saturated heterocycles. The normalized spacial score (nSPS) is 20.8. The maximum atomic E-state index is 3.21. The predicted molar refractivity (Wildman–Crippen MR) is 50.8 cm³/mol. The summed E-state index contributed by atoms with van der Waals surface area (Å²) in [5.74, 6) is 0.687. The Labute approximate surface area is 73.1 Å². The van der Waals surface area contributed by atoms with Crippen LogP contribution >= 0.6 is 0 Å². The van der Waals surface area contributed by atoms with Crippen LogP contribution < -0.4 is 5.32 Å². The first-order valence-corrected chi connectivity index (χ1v) is 4.39. The summed E-state index contributed by atoms with van der Waals surface area (Å²) in [5.41, 5.74) is 1.43. The fraction of sp³-hybridized carbons (Fsp3) is 0.273. The molecule has 0 amide bonds. The van der Waals surface area contributed by atoms with Gasteiger partial charge in [-0.05, 0) is 24.1 Å². The molecule has 1 heteroatoms. The van der Waals surface area contributed by atoms with Gasteiger partial charge in [-0.1, -0.05) is 36.4 Å². The van der Waals surface area contributed by atoms with Gasteiger partial charge in [0, 0.05) is 6.54 Å². The number of rotatable bonds is 2. The largest absolute Gasteiger partial charge is 0.391 e. The Morgan fingerprint density at radius 1 is 1.25 bits per heavy atom. The zero-order valence-corrected chi connectivity index (χ0v) is 7.03. The van der Waals surface area contributed by atoms with Crippen LogP contribution in [0.15, 0.2) is 42.6 Å². The predicted octanol–water partition coefficient (Wildman–Crippen LogP) is 1.96. The summed E-state index contributed by atoms with van der Waals surface area (Å²) in [5, 5.41) is 3.21. The van der Waals surface area contributed by atoms with Crippen LogP contribution in [0.25, 0.3) is 0 Å². The molecule has 0 aromatic heterocycles. The molecule has 0 saturated carbocycles. The SMILES string of the molecule is C1=C[C@H](Cc2ccccc2)CN1. The molecule has 1 heterocycles. The van der Waals surface area contributed by atoms with Crippen molar-refractivity contribution in [3.8, 4) is 0 Å². The van der Waals surface area contributed by atoms with Crippen molar-refractivity contribution < 1.29 is 0 Å². The average Bonchev–Trinajstić information content (AvgIpc) is 2.59. The van der Waals surface area contributed by atoms with Gasteiger partial charge in [-0.3, -0.25) is 0 Å².